The Morgan fingerprint density at radius 1 is 1.22 bits per heavy atom. The highest BCUT2D eigenvalue weighted by Gasteiger charge is 2.10. The number of rotatable bonds is 3. The van der Waals surface area contributed by atoms with Crippen LogP contribution in [0.4, 0.5) is 21.7 Å². The molecule has 0 fully saturated rings. The fraction of sp³-hybridized carbons (Fsp3) is 0.167. The molecule has 0 aliphatic carbocycles. The van der Waals surface area contributed by atoms with Gasteiger partial charge in [-0.15, -0.1) is 0 Å². The Morgan fingerprint density at radius 2 is 1.94 bits per heavy atom. The normalized spacial score (nSPS) is 10.2. The van der Waals surface area contributed by atoms with E-state index >= 15 is 0 Å². The molecule has 6 heteroatoms. The van der Waals surface area contributed by atoms with Crippen LogP contribution >= 0.6 is 15.9 Å². The van der Waals surface area contributed by atoms with Crippen LogP contribution in [0.3, 0.4) is 0 Å². The summed E-state index contributed by atoms with van der Waals surface area (Å²) in [6.45, 7) is 1.86. The topological polar surface area (TPSA) is 49.8 Å². The summed E-state index contributed by atoms with van der Waals surface area (Å²) in [5, 5.41) is 5.92. The Labute approximate surface area is 113 Å². The lowest BCUT2D eigenvalue weighted by atomic mass is 10.2. The van der Waals surface area contributed by atoms with E-state index in [4.69, 9.17) is 0 Å². The maximum absolute atomic E-state index is 13.7. The number of hydrogen-bond donors (Lipinski definition) is 2. The number of aromatic nitrogens is 2. The molecule has 2 N–H and O–H groups in total. The van der Waals surface area contributed by atoms with Crippen molar-refractivity contribution in [2.45, 2.75) is 6.92 Å². The number of nitrogens with zero attached hydrogens (tertiary/aromatic N) is 2. The van der Waals surface area contributed by atoms with Gasteiger partial charge in [0.25, 0.3) is 0 Å². The molecule has 0 aliphatic rings. The molecule has 0 atom stereocenters. The Bertz CT molecular complexity index is 554. The number of nitrogens with one attached hydrogen (secondary N) is 2. The second kappa shape index (κ2) is 5.30. The van der Waals surface area contributed by atoms with Gasteiger partial charge in [0, 0.05) is 17.1 Å². The van der Waals surface area contributed by atoms with Gasteiger partial charge in [-0.2, -0.15) is 0 Å². The fourth-order valence-electron chi connectivity index (χ4n) is 1.56. The minimum absolute atomic E-state index is 0.339. The van der Waals surface area contributed by atoms with Crippen molar-refractivity contribution in [3.63, 3.8) is 0 Å². The molecule has 0 saturated heterocycles. The van der Waals surface area contributed by atoms with Crippen molar-refractivity contribution in [2.75, 3.05) is 17.7 Å². The van der Waals surface area contributed by atoms with Crippen LogP contribution in [0.5, 0.6) is 0 Å². The van der Waals surface area contributed by atoms with Crippen LogP contribution in [0.15, 0.2) is 29.0 Å². The van der Waals surface area contributed by atoms with E-state index in [1.807, 2.05) is 6.92 Å². The Hall–Kier alpha value is -1.69. The quantitative estimate of drug-likeness (QED) is 0.911. The number of halogens is 2. The molecule has 0 aliphatic heterocycles. The van der Waals surface area contributed by atoms with Gasteiger partial charge in [-0.1, -0.05) is 6.07 Å². The lowest BCUT2D eigenvalue weighted by Crippen LogP contribution is -2.03. The number of benzene rings is 1. The smallest absolute Gasteiger partial charge is 0.147 e. The Balaban J connectivity index is 2.40. The van der Waals surface area contributed by atoms with Gasteiger partial charge in [-0.05, 0) is 35.0 Å². The van der Waals surface area contributed by atoms with Crippen molar-refractivity contribution >= 4 is 33.3 Å². The summed E-state index contributed by atoms with van der Waals surface area (Å²) in [4.78, 5) is 8.19. The fourth-order valence-corrected chi connectivity index (χ4v) is 2.00. The largest absolute Gasteiger partial charge is 0.373 e. The molecule has 1 aromatic heterocycles. The average Bonchev–Trinajstić information content (AvgIpc) is 2.36. The van der Waals surface area contributed by atoms with Crippen molar-refractivity contribution in [3.05, 3.63) is 40.4 Å². The third-order valence-corrected chi connectivity index (χ3v) is 3.19. The summed E-state index contributed by atoms with van der Waals surface area (Å²) >= 11 is 3.30. The summed E-state index contributed by atoms with van der Waals surface area (Å²) in [6.07, 6.45) is 1.43. The highest BCUT2D eigenvalue weighted by Crippen LogP contribution is 2.29. The van der Waals surface area contributed by atoms with Gasteiger partial charge in [0.2, 0.25) is 0 Å². The van der Waals surface area contributed by atoms with Crippen molar-refractivity contribution in [3.8, 4) is 0 Å². The van der Waals surface area contributed by atoms with Crippen molar-refractivity contribution in [2.24, 2.45) is 0 Å². The SMILES string of the molecule is CNc1ncnc(Nc2c(F)cccc2Br)c1C. The van der Waals surface area contributed by atoms with Crippen molar-refractivity contribution < 1.29 is 4.39 Å². The van der Waals surface area contributed by atoms with E-state index in [1.165, 1.54) is 12.4 Å². The molecule has 0 bridgehead atoms. The standard InChI is InChI=1S/C12H12BrFN4/c1-7-11(15-2)16-6-17-12(7)18-10-8(13)4-3-5-9(10)14/h3-6H,1-2H3,(H2,15,16,17,18). The summed E-state index contributed by atoms with van der Waals surface area (Å²) in [5.74, 6) is 0.938. The maximum Gasteiger partial charge on any atom is 0.147 e. The van der Waals surface area contributed by atoms with E-state index in [1.54, 1.807) is 19.2 Å². The molecule has 0 amide bonds. The third kappa shape index (κ3) is 2.43. The highest BCUT2D eigenvalue weighted by molar-refractivity contribution is 9.10. The zero-order valence-electron chi connectivity index (χ0n) is 9.96. The molecule has 0 spiro atoms. The molecule has 1 heterocycles. The lowest BCUT2D eigenvalue weighted by Gasteiger charge is -2.12. The zero-order chi connectivity index (χ0) is 13.1. The monoisotopic (exact) mass is 310 g/mol. The van der Waals surface area contributed by atoms with E-state index in [9.17, 15) is 4.39 Å². The molecule has 2 rings (SSSR count). The Kier molecular flexibility index (Phi) is 3.76. The molecule has 0 radical (unpaired) electrons. The number of hydrogen-bond acceptors (Lipinski definition) is 4. The molecule has 0 saturated carbocycles. The van der Waals surface area contributed by atoms with Crippen LogP contribution < -0.4 is 10.6 Å². The average molecular weight is 311 g/mol. The molecule has 4 nitrogen and oxygen atoms in total. The summed E-state index contributed by atoms with van der Waals surface area (Å²) in [7, 11) is 1.78. The van der Waals surface area contributed by atoms with Crippen molar-refractivity contribution in [1.82, 2.24) is 9.97 Å². The second-order valence-electron chi connectivity index (χ2n) is 3.67. The summed E-state index contributed by atoms with van der Waals surface area (Å²) in [5.41, 5.74) is 1.19. The molecule has 2 aromatic rings. The number of para-hydroxylation sites is 1. The van der Waals surface area contributed by atoms with Gasteiger partial charge in [0.05, 0.1) is 5.69 Å². The minimum atomic E-state index is -0.339. The molecular formula is C12H12BrFN4. The van der Waals surface area contributed by atoms with Crippen LogP contribution in [0.25, 0.3) is 0 Å². The minimum Gasteiger partial charge on any atom is -0.373 e. The molecule has 18 heavy (non-hydrogen) atoms. The first-order valence-electron chi connectivity index (χ1n) is 5.34. The third-order valence-electron chi connectivity index (χ3n) is 2.53. The summed E-state index contributed by atoms with van der Waals surface area (Å²) in [6, 6.07) is 4.79. The van der Waals surface area contributed by atoms with Crippen LogP contribution in [0, 0.1) is 12.7 Å². The molecule has 94 valence electrons. The molecular weight excluding hydrogens is 299 g/mol. The van der Waals surface area contributed by atoms with Crippen LogP contribution in [0.1, 0.15) is 5.56 Å². The molecule has 0 unspecified atom stereocenters. The predicted molar refractivity (Wildman–Crippen MR) is 73.7 cm³/mol. The van der Waals surface area contributed by atoms with Crippen LogP contribution in [0.2, 0.25) is 0 Å². The summed E-state index contributed by atoms with van der Waals surface area (Å²) < 4.78 is 14.3. The number of anilines is 3. The van der Waals surface area contributed by atoms with Gasteiger partial charge < -0.3 is 10.6 Å². The highest BCUT2D eigenvalue weighted by atomic mass is 79.9. The zero-order valence-corrected chi connectivity index (χ0v) is 11.5. The van der Waals surface area contributed by atoms with E-state index in [2.05, 4.69) is 36.5 Å². The van der Waals surface area contributed by atoms with Gasteiger partial charge in [-0.25, -0.2) is 14.4 Å². The first kappa shape index (κ1) is 12.8. The van der Waals surface area contributed by atoms with Gasteiger partial charge >= 0.3 is 0 Å². The Morgan fingerprint density at radius 3 is 2.61 bits per heavy atom. The first-order chi connectivity index (χ1) is 8.63. The van der Waals surface area contributed by atoms with Crippen LogP contribution in [-0.4, -0.2) is 17.0 Å². The van der Waals surface area contributed by atoms with E-state index in [0.717, 1.165) is 5.56 Å². The maximum atomic E-state index is 13.7. The lowest BCUT2D eigenvalue weighted by molar-refractivity contribution is 0.631. The van der Waals surface area contributed by atoms with Crippen molar-refractivity contribution in [1.29, 1.82) is 0 Å². The van der Waals surface area contributed by atoms with Crippen LogP contribution in [-0.2, 0) is 0 Å². The van der Waals surface area contributed by atoms with Gasteiger partial charge in [0.15, 0.2) is 0 Å². The van der Waals surface area contributed by atoms with E-state index in [0.29, 0.717) is 21.8 Å². The predicted octanol–water partition coefficient (Wildman–Crippen LogP) is 3.47. The van der Waals surface area contributed by atoms with Gasteiger partial charge in [0.1, 0.15) is 23.8 Å². The molecule has 1 aromatic carbocycles. The van der Waals surface area contributed by atoms with E-state index < -0.39 is 0 Å². The van der Waals surface area contributed by atoms with E-state index in [-0.39, 0.29) is 5.82 Å². The first-order valence-corrected chi connectivity index (χ1v) is 6.13. The second-order valence-corrected chi connectivity index (χ2v) is 4.52. The van der Waals surface area contributed by atoms with Gasteiger partial charge in [-0.3, -0.25) is 0 Å².